The summed E-state index contributed by atoms with van der Waals surface area (Å²) in [5, 5.41) is 3.46. The molecule has 1 fully saturated rings. The molecule has 0 amide bonds. The Morgan fingerprint density at radius 2 is 2.50 bits per heavy atom. The number of ether oxygens (including phenoxy) is 1. The van der Waals surface area contributed by atoms with Gasteiger partial charge in [0, 0.05) is 45.1 Å². The summed E-state index contributed by atoms with van der Waals surface area (Å²) in [5.41, 5.74) is 1.24. The van der Waals surface area contributed by atoms with Gasteiger partial charge in [-0.3, -0.25) is 9.88 Å². The first-order chi connectivity index (χ1) is 8.88. The minimum absolute atomic E-state index is 0.428. The molecule has 2 heterocycles. The smallest absolute Gasteiger partial charge is 0.0700 e. The molecule has 1 unspecified atom stereocenters. The normalized spacial score (nSPS) is 21.1. The highest BCUT2D eigenvalue weighted by Gasteiger charge is 2.17. The van der Waals surface area contributed by atoms with Crippen LogP contribution in [0.5, 0.6) is 0 Å². The molecule has 1 aliphatic heterocycles. The van der Waals surface area contributed by atoms with Crippen molar-refractivity contribution >= 4 is 0 Å². The zero-order valence-corrected chi connectivity index (χ0v) is 11.1. The number of hydrogen-bond acceptors (Lipinski definition) is 4. The largest absolute Gasteiger partial charge is 0.376 e. The third-order valence-electron chi connectivity index (χ3n) is 3.33. The van der Waals surface area contributed by atoms with E-state index in [-0.39, 0.29) is 0 Å². The summed E-state index contributed by atoms with van der Waals surface area (Å²) in [6.07, 6.45) is 5.26. The van der Waals surface area contributed by atoms with Gasteiger partial charge in [0.25, 0.3) is 0 Å². The summed E-state index contributed by atoms with van der Waals surface area (Å²) in [6.45, 7) is 8.22. The summed E-state index contributed by atoms with van der Waals surface area (Å²) in [6, 6.07) is 4.08. The van der Waals surface area contributed by atoms with Gasteiger partial charge in [0.15, 0.2) is 0 Å². The van der Waals surface area contributed by atoms with Crippen molar-refractivity contribution in [2.24, 2.45) is 0 Å². The minimum Gasteiger partial charge on any atom is -0.376 e. The zero-order chi connectivity index (χ0) is 12.6. The van der Waals surface area contributed by atoms with E-state index in [9.17, 15) is 0 Å². The summed E-state index contributed by atoms with van der Waals surface area (Å²) < 4.78 is 5.66. The highest BCUT2D eigenvalue weighted by Crippen LogP contribution is 2.07. The fraction of sp³-hybridized carbons (Fsp3) is 0.643. The highest BCUT2D eigenvalue weighted by atomic mass is 16.5. The third kappa shape index (κ3) is 4.37. The number of rotatable bonds is 6. The molecular formula is C14H23N3O. The lowest BCUT2D eigenvalue weighted by Gasteiger charge is -2.32. The number of nitrogens with zero attached hydrogens (tertiary/aromatic N) is 2. The third-order valence-corrected chi connectivity index (χ3v) is 3.33. The lowest BCUT2D eigenvalue weighted by atomic mass is 10.2. The van der Waals surface area contributed by atoms with Crippen LogP contribution in [0.1, 0.15) is 18.9 Å². The van der Waals surface area contributed by atoms with Crippen molar-refractivity contribution in [1.82, 2.24) is 15.2 Å². The molecule has 0 saturated carbocycles. The summed E-state index contributed by atoms with van der Waals surface area (Å²) in [4.78, 5) is 6.59. The van der Waals surface area contributed by atoms with Crippen LogP contribution in [-0.2, 0) is 11.3 Å². The molecule has 1 saturated heterocycles. The standard InChI is InChI=1S/C14H23N3O/c1-2-14-12-17(8-9-18-14)7-6-16-11-13-4-3-5-15-10-13/h3-5,10,14,16H,2,6-9,11-12H2,1H3. The van der Waals surface area contributed by atoms with E-state index in [1.165, 1.54) is 5.56 Å². The van der Waals surface area contributed by atoms with E-state index in [1.54, 1.807) is 0 Å². The molecule has 0 aliphatic carbocycles. The molecule has 0 aromatic carbocycles. The number of morpholine rings is 1. The Labute approximate surface area is 109 Å². The van der Waals surface area contributed by atoms with Crippen LogP contribution >= 0.6 is 0 Å². The van der Waals surface area contributed by atoms with Crippen molar-refractivity contribution < 1.29 is 4.74 Å². The van der Waals surface area contributed by atoms with Gasteiger partial charge in [-0.15, -0.1) is 0 Å². The summed E-state index contributed by atoms with van der Waals surface area (Å²) in [7, 11) is 0. The maximum absolute atomic E-state index is 5.66. The van der Waals surface area contributed by atoms with Crippen LogP contribution in [0, 0.1) is 0 Å². The highest BCUT2D eigenvalue weighted by molar-refractivity contribution is 5.07. The van der Waals surface area contributed by atoms with E-state index < -0.39 is 0 Å². The Kier molecular flexibility index (Phi) is 5.58. The molecule has 2 rings (SSSR count). The van der Waals surface area contributed by atoms with Crippen LogP contribution in [0.4, 0.5) is 0 Å². The van der Waals surface area contributed by atoms with E-state index >= 15 is 0 Å². The van der Waals surface area contributed by atoms with Crippen LogP contribution < -0.4 is 5.32 Å². The number of hydrogen-bond donors (Lipinski definition) is 1. The average molecular weight is 249 g/mol. The zero-order valence-electron chi connectivity index (χ0n) is 11.1. The van der Waals surface area contributed by atoms with Gasteiger partial charge < -0.3 is 10.1 Å². The van der Waals surface area contributed by atoms with Crippen LogP contribution in [0.3, 0.4) is 0 Å². The Balaban J connectivity index is 1.60. The molecule has 4 heteroatoms. The summed E-state index contributed by atoms with van der Waals surface area (Å²) >= 11 is 0. The van der Waals surface area contributed by atoms with Crippen LogP contribution in [0.15, 0.2) is 24.5 Å². The first-order valence-electron chi connectivity index (χ1n) is 6.82. The maximum Gasteiger partial charge on any atom is 0.0700 e. The van der Waals surface area contributed by atoms with E-state index in [1.807, 2.05) is 18.5 Å². The predicted octanol–water partition coefficient (Wildman–Crippen LogP) is 1.28. The lowest BCUT2D eigenvalue weighted by molar-refractivity contribution is -0.0290. The average Bonchev–Trinajstić information content (AvgIpc) is 2.45. The van der Waals surface area contributed by atoms with Gasteiger partial charge in [-0.25, -0.2) is 0 Å². The van der Waals surface area contributed by atoms with Gasteiger partial charge in [-0.05, 0) is 18.1 Å². The summed E-state index contributed by atoms with van der Waals surface area (Å²) in [5.74, 6) is 0. The lowest BCUT2D eigenvalue weighted by Crippen LogP contribution is -2.44. The topological polar surface area (TPSA) is 37.4 Å². The second-order valence-corrected chi connectivity index (χ2v) is 4.74. The molecule has 4 nitrogen and oxygen atoms in total. The Hall–Kier alpha value is -0.970. The van der Waals surface area contributed by atoms with Crippen molar-refractivity contribution in [1.29, 1.82) is 0 Å². The number of aromatic nitrogens is 1. The van der Waals surface area contributed by atoms with Crippen LogP contribution in [0.25, 0.3) is 0 Å². The fourth-order valence-corrected chi connectivity index (χ4v) is 2.20. The van der Waals surface area contributed by atoms with Gasteiger partial charge in [-0.2, -0.15) is 0 Å². The SMILES string of the molecule is CCC1CN(CCNCc2cccnc2)CCO1. The monoisotopic (exact) mass is 249 g/mol. The van der Waals surface area contributed by atoms with E-state index in [2.05, 4.69) is 28.2 Å². The molecule has 1 aliphatic rings. The van der Waals surface area contributed by atoms with Crippen LogP contribution in [0.2, 0.25) is 0 Å². The molecule has 0 bridgehead atoms. The maximum atomic E-state index is 5.66. The molecule has 0 spiro atoms. The van der Waals surface area contributed by atoms with Gasteiger partial charge in [0.05, 0.1) is 12.7 Å². The van der Waals surface area contributed by atoms with Crippen molar-refractivity contribution in [3.8, 4) is 0 Å². The first kappa shape index (κ1) is 13.5. The molecule has 18 heavy (non-hydrogen) atoms. The van der Waals surface area contributed by atoms with Crippen molar-refractivity contribution in [3.63, 3.8) is 0 Å². The van der Waals surface area contributed by atoms with Gasteiger partial charge in [0.2, 0.25) is 0 Å². The van der Waals surface area contributed by atoms with E-state index in [0.29, 0.717) is 6.10 Å². The van der Waals surface area contributed by atoms with E-state index in [0.717, 1.165) is 45.8 Å². The van der Waals surface area contributed by atoms with Crippen molar-refractivity contribution in [2.45, 2.75) is 26.0 Å². The van der Waals surface area contributed by atoms with Crippen LogP contribution in [-0.4, -0.2) is 48.8 Å². The molecular weight excluding hydrogens is 226 g/mol. The Morgan fingerprint density at radius 3 is 3.28 bits per heavy atom. The molecule has 1 aromatic rings. The number of pyridine rings is 1. The molecule has 1 atom stereocenters. The second kappa shape index (κ2) is 7.46. The second-order valence-electron chi connectivity index (χ2n) is 4.74. The van der Waals surface area contributed by atoms with Gasteiger partial charge >= 0.3 is 0 Å². The quantitative estimate of drug-likeness (QED) is 0.771. The molecule has 0 radical (unpaired) electrons. The fourth-order valence-electron chi connectivity index (χ4n) is 2.20. The van der Waals surface area contributed by atoms with E-state index in [4.69, 9.17) is 4.74 Å². The van der Waals surface area contributed by atoms with Crippen molar-refractivity contribution in [2.75, 3.05) is 32.8 Å². The first-order valence-corrected chi connectivity index (χ1v) is 6.82. The van der Waals surface area contributed by atoms with Gasteiger partial charge in [-0.1, -0.05) is 13.0 Å². The Bertz CT molecular complexity index is 331. The van der Waals surface area contributed by atoms with Crippen molar-refractivity contribution in [3.05, 3.63) is 30.1 Å². The number of nitrogens with one attached hydrogen (secondary N) is 1. The molecule has 1 N–H and O–H groups in total. The molecule has 100 valence electrons. The Morgan fingerprint density at radius 1 is 1.56 bits per heavy atom. The predicted molar refractivity (Wildman–Crippen MR) is 72.4 cm³/mol. The molecule has 1 aromatic heterocycles. The minimum atomic E-state index is 0.428. The van der Waals surface area contributed by atoms with Gasteiger partial charge in [0.1, 0.15) is 0 Å².